The van der Waals surface area contributed by atoms with Crippen molar-refractivity contribution in [3.05, 3.63) is 0 Å². The van der Waals surface area contributed by atoms with Gasteiger partial charge in [0.05, 0.1) is 6.67 Å². The molecule has 0 atom stereocenters. The van der Waals surface area contributed by atoms with E-state index < -0.39 is 6.03 Å². The van der Waals surface area contributed by atoms with Crippen molar-refractivity contribution < 1.29 is 4.79 Å². The monoisotopic (exact) mass is 148 g/mol. The van der Waals surface area contributed by atoms with Gasteiger partial charge in [-0.05, 0) is 12.2 Å². The van der Waals surface area contributed by atoms with Crippen LogP contribution < -0.4 is 22.1 Å². The summed E-state index contributed by atoms with van der Waals surface area (Å²) in [7, 11) is 0. The predicted molar refractivity (Wildman–Crippen MR) is 37.5 cm³/mol. The molecule has 0 unspecified atom stereocenters. The fourth-order valence-electron chi connectivity index (χ4n) is 0.218. The lowest BCUT2D eigenvalue weighted by Crippen LogP contribution is -2.41. The number of carbonyl (C=O) groups is 1. The molecule has 52 valence electrons. The number of rotatable bonds is 2. The number of carbonyl (C=O) groups excluding carboxylic acids is 1. The molecule has 0 aromatic carbocycles. The molecule has 0 radical (unpaired) electrons. The topological polar surface area (TPSA) is 93.2 Å². The molecule has 6 heteroatoms. The summed E-state index contributed by atoms with van der Waals surface area (Å²) in [5, 5.41) is 4.84. The normalized spacial score (nSPS) is 8.00. The number of hydrogen-bond donors (Lipinski definition) is 4. The molecule has 0 rings (SSSR count). The highest BCUT2D eigenvalue weighted by molar-refractivity contribution is 7.80. The summed E-state index contributed by atoms with van der Waals surface area (Å²) in [6, 6.07) is -0.612. The van der Waals surface area contributed by atoms with E-state index in [0.29, 0.717) is 0 Å². The Bertz CT molecular complexity index is 111. The minimum Gasteiger partial charge on any atom is -0.376 e. The average molecular weight is 148 g/mol. The molecule has 0 saturated carbocycles. The summed E-state index contributed by atoms with van der Waals surface area (Å²) in [5.74, 6) is 0. The third kappa shape index (κ3) is 6.96. The minimum absolute atomic E-state index is 0.128. The highest BCUT2D eigenvalue weighted by Crippen LogP contribution is 1.55. The van der Waals surface area contributed by atoms with E-state index >= 15 is 0 Å². The highest BCUT2D eigenvalue weighted by atomic mass is 32.1. The fraction of sp³-hybridized carbons (Fsp3) is 0.333. The second-order valence-corrected chi connectivity index (χ2v) is 1.70. The van der Waals surface area contributed by atoms with Crippen LogP contribution in [0.1, 0.15) is 0 Å². The molecular weight excluding hydrogens is 140 g/mol. The zero-order valence-electron chi connectivity index (χ0n) is 4.68. The van der Waals surface area contributed by atoms with Gasteiger partial charge in [-0.25, -0.2) is 4.79 Å². The summed E-state index contributed by atoms with van der Waals surface area (Å²) in [5.41, 5.74) is 9.71. The first-order chi connectivity index (χ1) is 4.13. The van der Waals surface area contributed by atoms with Crippen LogP contribution in [0.15, 0.2) is 0 Å². The lowest BCUT2D eigenvalue weighted by molar-refractivity contribution is 0.249. The van der Waals surface area contributed by atoms with E-state index in [-0.39, 0.29) is 11.8 Å². The number of urea groups is 1. The standard InChI is InChI=1S/C3H8N4OS/c4-2(8)6-1-7-3(5)9/h1H2,(H3,4,6,8)(H3,5,7,9). The molecule has 5 nitrogen and oxygen atoms in total. The lowest BCUT2D eigenvalue weighted by atomic mass is 10.9. The summed E-state index contributed by atoms with van der Waals surface area (Å²) in [6.45, 7) is 0.171. The van der Waals surface area contributed by atoms with Gasteiger partial charge in [-0.2, -0.15) is 0 Å². The SMILES string of the molecule is NC(=O)NCNC(N)=S. The van der Waals surface area contributed by atoms with Crippen molar-refractivity contribution in [3.8, 4) is 0 Å². The third-order valence-electron chi connectivity index (χ3n) is 0.525. The number of primary amides is 1. The molecule has 0 fully saturated rings. The lowest BCUT2D eigenvalue weighted by Gasteiger charge is -2.01. The van der Waals surface area contributed by atoms with Gasteiger partial charge in [0.1, 0.15) is 0 Å². The minimum atomic E-state index is -0.612. The Hall–Kier alpha value is -1.04. The van der Waals surface area contributed by atoms with Gasteiger partial charge in [-0.1, -0.05) is 0 Å². The van der Waals surface area contributed by atoms with Gasteiger partial charge in [0.2, 0.25) is 0 Å². The molecule has 0 aromatic heterocycles. The van der Waals surface area contributed by atoms with E-state index in [4.69, 9.17) is 11.5 Å². The molecule has 0 spiro atoms. The Morgan fingerprint density at radius 3 is 2.33 bits per heavy atom. The molecule has 0 heterocycles. The van der Waals surface area contributed by atoms with Gasteiger partial charge in [0.15, 0.2) is 5.11 Å². The van der Waals surface area contributed by atoms with Crippen molar-refractivity contribution in [2.24, 2.45) is 11.5 Å². The largest absolute Gasteiger partial charge is 0.376 e. The third-order valence-corrected chi connectivity index (χ3v) is 0.670. The summed E-state index contributed by atoms with van der Waals surface area (Å²) < 4.78 is 0. The van der Waals surface area contributed by atoms with Crippen LogP contribution in [0.5, 0.6) is 0 Å². The highest BCUT2D eigenvalue weighted by Gasteiger charge is 1.88. The number of amides is 2. The van der Waals surface area contributed by atoms with Crippen molar-refractivity contribution in [3.63, 3.8) is 0 Å². The summed E-state index contributed by atoms with van der Waals surface area (Å²) in [4.78, 5) is 9.97. The second-order valence-electron chi connectivity index (χ2n) is 1.26. The van der Waals surface area contributed by atoms with Crippen LogP contribution in [0.4, 0.5) is 4.79 Å². The van der Waals surface area contributed by atoms with Gasteiger partial charge in [-0.15, -0.1) is 0 Å². The van der Waals surface area contributed by atoms with Gasteiger partial charge < -0.3 is 22.1 Å². The maximum atomic E-state index is 9.97. The Balaban J connectivity index is 3.10. The summed E-state index contributed by atoms with van der Waals surface area (Å²) >= 11 is 4.42. The van der Waals surface area contributed by atoms with Crippen molar-refractivity contribution in [2.75, 3.05) is 6.67 Å². The molecule has 2 amide bonds. The Kier molecular flexibility index (Phi) is 3.45. The maximum Gasteiger partial charge on any atom is 0.313 e. The smallest absolute Gasteiger partial charge is 0.313 e. The van der Waals surface area contributed by atoms with Crippen LogP contribution in [-0.2, 0) is 0 Å². The number of thiocarbonyl (C=S) groups is 1. The average Bonchev–Trinajstić information content (AvgIpc) is 1.63. The molecule has 0 aliphatic carbocycles. The molecule has 0 saturated heterocycles. The van der Waals surface area contributed by atoms with E-state index in [9.17, 15) is 4.79 Å². The van der Waals surface area contributed by atoms with E-state index in [2.05, 4.69) is 22.9 Å². The first kappa shape index (κ1) is 7.96. The zero-order valence-corrected chi connectivity index (χ0v) is 5.49. The van der Waals surface area contributed by atoms with Crippen molar-refractivity contribution in [1.82, 2.24) is 10.6 Å². The molecule has 0 bridgehead atoms. The van der Waals surface area contributed by atoms with Crippen molar-refractivity contribution in [2.45, 2.75) is 0 Å². The molecule has 9 heavy (non-hydrogen) atoms. The first-order valence-electron chi connectivity index (χ1n) is 2.19. The number of nitrogens with one attached hydrogen (secondary N) is 2. The number of hydrogen-bond acceptors (Lipinski definition) is 2. The summed E-state index contributed by atoms with van der Waals surface area (Å²) in [6.07, 6.45) is 0. The van der Waals surface area contributed by atoms with Crippen LogP contribution in [0.2, 0.25) is 0 Å². The quantitative estimate of drug-likeness (QED) is 0.281. The van der Waals surface area contributed by atoms with Crippen molar-refractivity contribution >= 4 is 23.4 Å². The molecular formula is C3H8N4OS. The molecule has 6 N–H and O–H groups in total. The van der Waals surface area contributed by atoms with Crippen LogP contribution >= 0.6 is 12.2 Å². The Morgan fingerprint density at radius 2 is 2.00 bits per heavy atom. The Morgan fingerprint density at radius 1 is 1.44 bits per heavy atom. The van der Waals surface area contributed by atoms with Gasteiger partial charge >= 0.3 is 6.03 Å². The van der Waals surface area contributed by atoms with Crippen molar-refractivity contribution in [1.29, 1.82) is 0 Å². The Labute approximate surface area is 57.8 Å². The maximum absolute atomic E-state index is 9.97. The molecule has 0 aliphatic rings. The first-order valence-corrected chi connectivity index (χ1v) is 2.60. The van der Waals surface area contributed by atoms with E-state index in [1.807, 2.05) is 0 Å². The second kappa shape index (κ2) is 3.90. The van der Waals surface area contributed by atoms with E-state index in [0.717, 1.165) is 0 Å². The molecule has 0 aliphatic heterocycles. The van der Waals surface area contributed by atoms with Crippen LogP contribution in [0.25, 0.3) is 0 Å². The van der Waals surface area contributed by atoms with E-state index in [1.165, 1.54) is 0 Å². The molecule has 0 aromatic rings. The zero-order chi connectivity index (χ0) is 7.28. The fourth-order valence-corrected chi connectivity index (χ4v) is 0.291. The van der Waals surface area contributed by atoms with Gasteiger partial charge in [0.25, 0.3) is 0 Å². The van der Waals surface area contributed by atoms with Crippen LogP contribution in [0.3, 0.4) is 0 Å². The van der Waals surface area contributed by atoms with Gasteiger partial charge in [0, 0.05) is 0 Å². The van der Waals surface area contributed by atoms with Crippen LogP contribution in [0, 0.1) is 0 Å². The van der Waals surface area contributed by atoms with E-state index in [1.54, 1.807) is 0 Å². The number of nitrogens with two attached hydrogens (primary N) is 2. The van der Waals surface area contributed by atoms with Gasteiger partial charge in [-0.3, -0.25) is 0 Å². The predicted octanol–water partition coefficient (Wildman–Crippen LogP) is -1.55. The van der Waals surface area contributed by atoms with Crippen LogP contribution in [-0.4, -0.2) is 17.8 Å².